The molecule has 5 nitrogen and oxygen atoms in total. The molecule has 1 atom stereocenters. The number of nitrogens with zero attached hydrogens (tertiary/aromatic N) is 1. The molecule has 1 saturated heterocycles. The molecule has 3 rings (SSSR count). The maximum Gasteiger partial charge on any atom is 0.243 e. The van der Waals surface area contributed by atoms with Crippen LogP contribution in [0.15, 0.2) is 23.1 Å². The Bertz CT molecular complexity index is 615. The fourth-order valence-electron chi connectivity index (χ4n) is 3.31. The Hall–Kier alpha value is -0.950. The summed E-state index contributed by atoms with van der Waals surface area (Å²) >= 11 is 0. The third-order valence-corrected chi connectivity index (χ3v) is 6.38. The molecule has 2 heterocycles. The Morgan fingerprint density at radius 3 is 2.90 bits per heavy atom. The van der Waals surface area contributed by atoms with Crippen molar-refractivity contribution >= 4 is 10.0 Å². The van der Waals surface area contributed by atoms with Crippen LogP contribution in [0.1, 0.15) is 36.8 Å². The first-order valence-corrected chi connectivity index (χ1v) is 9.02. The second-order valence-electron chi connectivity index (χ2n) is 5.81. The van der Waals surface area contributed by atoms with Crippen molar-refractivity contribution in [2.75, 3.05) is 13.2 Å². The summed E-state index contributed by atoms with van der Waals surface area (Å²) in [5, 5.41) is 12.2. The van der Waals surface area contributed by atoms with E-state index >= 15 is 0 Å². The van der Waals surface area contributed by atoms with Crippen molar-refractivity contribution < 1.29 is 13.5 Å². The molecule has 0 aliphatic carbocycles. The minimum absolute atomic E-state index is 0.0357. The summed E-state index contributed by atoms with van der Waals surface area (Å²) in [6, 6.07) is 5.49. The van der Waals surface area contributed by atoms with E-state index in [1.54, 1.807) is 10.4 Å². The normalized spacial score (nSPS) is 22.6. The van der Waals surface area contributed by atoms with Gasteiger partial charge in [0.2, 0.25) is 10.0 Å². The molecule has 0 saturated carbocycles. The van der Waals surface area contributed by atoms with Crippen LogP contribution in [0.2, 0.25) is 0 Å². The summed E-state index contributed by atoms with van der Waals surface area (Å²) in [6.07, 6.45) is 3.20. The molecule has 1 fully saturated rings. The highest BCUT2D eigenvalue weighted by atomic mass is 32.2. The molecular weight excluding hydrogens is 288 g/mol. The second kappa shape index (κ2) is 6.04. The summed E-state index contributed by atoms with van der Waals surface area (Å²) in [5.74, 6) is 0. The average Bonchev–Trinajstić information content (AvgIpc) is 3.13. The standard InChI is InChI=1S/C15H22N2O3S/c18-8-2-4-14-3-1-7-17(14)21(19,20)15-6-5-12-10-16-11-13(12)9-15/h5-6,9,14,16,18H,1-4,7-8,10-11H2. The number of nitrogens with one attached hydrogen (secondary N) is 1. The summed E-state index contributed by atoms with van der Waals surface area (Å²) in [4.78, 5) is 0.404. The Morgan fingerprint density at radius 1 is 1.29 bits per heavy atom. The van der Waals surface area contributed by atoms with E-state index in [-0.39, 0.29) is 12.6 Å². The van der Waals surface area contributed by atoms with Crippen molar-refractivity contribution in [1.29, 1.82) is 0 Å². The fourth-order valence-corrected chi connectivity index (χ4v) is 5.08. The van der Waals surface area contributed by atoms with Crippen LogP contribution in [0.4, 0.5) is 0 Å². The second-order valence-corrected chi connectivity index (χ2v) is 7.70. The molecule has 2 N–H and O–H groups in total. The first-order chi connectivity index (χ1) is 10.1. The van der Waals surface area contributed by atoms with Crippen molar-refractivity contribution in [2.24, 2.45) is 0 Å². The molecule has 0 amide bonds. The van der Waals surface area contributed by atoms with E-state index in [4.69, 9.17) is 5.11 Å². The molecule has 2 aliphatic rings. The van der Waals surface area contributed by atoms with E-state index in [0.717, 1.165) is 37.9 Å². The van der Waals surface area contributed by atoms with Crippen LogP contribution in [0.25, 0.3) is 0 Å². The van der Waals surface area contributed by atoms with E-state index < -0.39 is 10.0 Å². The first-order valence-electron chi connectivity index (χ1n) is 7.58. The zero-order valence-corrected chi connectivity index (χ0v) is 12.9. The molecule has 6 heteroatoms. The highest BCUT2D eigenvalue weighted by molar-refractivity contribution is 7.89. The van der Waals surface area contributed by atoms with Gasteiger partial charge in [-0.05, 0) is 48.9 Å². The van der Waals surface area contributed by atoms with Crippen molar-refractivity contribution in [2.45, 2.75) is 49.7 Å². The molecule has 1 aromatic carbocycles. The van der Waals surface area contributed by atoms with Gasteiger partial charge < -0.3 is 10.4 Å². The predicted molar refractivity (Wildman–Crippen MR) is 80.2 cm³/mol. The van der Waals surface area contributed by atoms with Gasteiger partial charge in [0.25, 0.3) is 0 Å². The van der Waals surface area contributed by atoms with Gasteiger partial charge in [-0.25, -0.2) is 8.42 Å². The highest BCUT2D eigenvalue weighted by Gasteiger charge is 2.35. The lowest BCUT2D eigenvalue weighted by atomic mass is 10.1. The maximum atomic E-state index is 12.9. The summed E-state index contributed by atoms with van der Waals surface area (Å²) < 4.78 is 27.3. The van der Waals surface area contributed by atoms with Gasteiger partial charge in [0.05, 0.1) is 4.90 Å². The van der Waals surface area contributed by atoms with E-state index in [1.807, 2.05) is 12.1 Å². The number of hydrogen-bond acceptors (Lipinski definition) is 4. The van der Waals surface area contributed by atoms with Crippen molar-refractivity contribution in [3.63, 3.8) is 0 Å². The highest BCUT2D eigenvalue weighted by Crippen LogP contribution is 2.30. The number of benzene rings is 1. The Labute approximate surface area is 126 Å². The van der Waals surface area contributed by atoms with Gasteiger partial charge in [0, 0.05) is 32.3 Å². The zero-order valence-electron chi connectivity index (χ0n) is 12.1. The van der Waals surface area contributed by atoms with Gasteiger partial charge in [-0.1, -0.05) is 6.07 Å². The van der Waals surface area contributed by atoms with Gasteiger partial charge in [-0.15, -0.1) is 0 Å². The monoisotopic (exact) mass is 310 g/mol. The number of fused-ring (bicyclic) bond motifs is 1. The largest absolute Gasteiger partial charge is 0.396 e. The number of sulfonamides is 1. The minimum atomic E-state index is -3.42. The molecule has 1 aromatic rings. The Balaban J connectivity index is 1.85. The molecule has 116 valence electrons. The Morgan fingerprint density at radius 2 is 2.10 bits per heavy atom. The number of rotatable bonds is 5. The first kappa shape index (κ1) is 15.0. The maximum absolute atomic E-state index is 12.9. The van der Waals surface area contributed by atoms with Crippen molar-refractivity contribution in [3.8, 4) is 0 Å². The van der Waals surface area contributed by atoms with Crippen LogP contribution in [-0.2, 0) is 23.1 Å². The molecule has 0 radical (unpaired) electrons. The SMILES string of the molecule is O=S(=O)(c1ccc2c(c1)CNC2)N1CCCC1CCCO. The van der Waals surface area contributed by atoms with Gasteiger partial charge in [-0.3, -0.25) is 0 Å². The van der Waals surface area contributed by atoms with Crippen molar-refractivity contribution in [1.82, 2.24) is 9.62 Å². The third kappa shape index (κ3) is 2.85. The minimum Gasteiger partial charge on any atom is -0.396 e. The lowest BCUT2D eigenvalue weighted by molar-refractivity contribution is 0.264. The van der Waals surface area contributed by atoms with E-state index in [0.29, 0.717) is 17.9 Å². The van der Waals surface area contributed by atoms with E-state index in [1.165, 1.54) is 5.56 Å². The number of hydrogen-bond donors (Lipinski definition) is 2. The molecule has 0 aromatic heterocycles. The zero-order chi connectivity index (χ0) is 14.9. The molecular formula is C15H22N2O3S. The van der Waals surface area contributed by atoms with Gasteiger partial charge in [0.1, 0.15) is 0 Å². The molecule has 1 unspecified atom stereocenters. The van der Waals surface area contributed by atoms with Crippen LogP contribution in [0.3, 0.4) is 0 Å². The quantitative estimate of drug-likeness (QED) is 0.858. The molecule has 0 spiro atoms. The van der Waals surface area contributed by atoms with Crippen molar-refractivity contribution in [3.05, 3.63) is 29.3 Å². The molecule has 2 aliphatic heterocycles. The van der Waals surface area contributed by atoms with Gasteiger partial charge in [-0.2, -0.15) is 4.31 Å². The van der Waals surface area contributed by atoms with E-state index in [9.17, 15) is 8.42 Å². The summed E-state index contributed by atoms with van der Waals surface area (Å²) in [5.41, 5.74) is 2.27. The molecule has 21 heavy (non-hydrogen) atoms. The fraction of sp³-hybridized carbons (Fsp3) is 0.600. The Kier molecular flexibility index (Phi) is 4.31. The molecule has 0 bridgehead atoms. The van der Waals surface area contributed by atoms with Crippen LogP contribution in [0, 0.1) is 0 Å². The van der Waals surface area contributed by atoms with Crippen LogP contribution >= 0.6 is 0 Å². The summed E-state index contributed by atoms with van der Waals surface area (Å²) in [6.45, 7) is 2.27. The number of aliphatic hydroxyl groups excluding tert-OH is 1. The lowest BCUT2D eigenvalue weighted by Crippen LogP contribution is -2.35. The van der Waals surface area contributed by atoms with Crippen LogP contribution < -0.4 is 5.32 Å². The van der Waals surface area contributed by atoms with Gasteiger partial charge in [0.15, 0.2) is 0 Å². The van der Waals surface area contributed by atoms with Gasteiger partial charge >= 0.3 is 0 Å². The van der Waals surface area contributed by atoms with Crippen LogP contribution in [0.5, 0.6) is 0 Å². The lowest BCUT2D eigenvalue weighted by Gasteiger charge is -2.24. The van der Waals surface area contributed by atoms with E-state index in [2.05, 4.69) is 5.32 Å². The summed E-state index contributed by atoms with van der Waals surface area (Å²) in [7, 11) is -3.42. The predicted octanol–water partition coefficient (Wildman–Crippen LogP) is 1.22. The average molecular weight is 310 g/mol. The smallest absolute Gasteiger partial charge is 0.243 e. The topological polar surface area (TPSA) is 69.6 Å². The van der Waals surface area contributed by atoms with Crippen LogP contribution in [-0.4, -0.2) is 37.0 Å². The number of aliphatic hydroxyl groups is 1. The third-order valence-electron chi connectivity index (χ3n) is 4.43.